The summed E-state index contributed by atoms with van der Waals surface area (Å²) in [7, 11) is 1.76. The molecule has 5 heteroatoms. The Bertz CT molecular complexity index is 225. The summed E-state index contributed by atoms with van der Waals surface area (Å²) in [6.07, 6.45) is 1.29. The normalized spacial score (nSPS) is 28.9. The largest absolute Gasteiger partial charge is 0.373 e. The molecule has 94 valence electrons. The molecule has 1 heterocycles. The van der Waals surface area contributed by atoms with Crippen molar-refractivity contribution in [2.45, 2.75) is 38.5 Å². The molecule has 1 fully saturated rings. The summed E-state index contributed by atoms with van der Waals surface area (Å²) in [5.74, 6) is -0.281. The number of morpholine rings is 1. The highest BCUT2D eigenvalue weighted by molar-refractivity contribution is 5.79. The van der Waals surface area contributed by atoms with Gasteiger partial charge in [0.1, 0.15) is 0 Å². The van der Waals surface area contributed by atoms with Crippen molar-refractivity contribution in [2.75, 3.05) is 26.7 Å². The second-order valence-corrected chi connectivity index (χ2v) is 4.55. The highest BCUT2D eigenvalue weighted by atomic mass is 16.5. The summed E-state index contributed by atoms with van der Waals surface area (Å²) >= 11 is 0. The molecule has 0 aliphatic carbocycles. The van der Waals surface area contributed by atoms with Crippen LogP contribution in [-0.2, 0) is 9.53 Å². The van der Waals surface area contributed by atoms with Gasteiger partial charge < -0.3 is 15.8 Å². The van der Waals surface area contributed by atoms with E-state index in [1.165, 1.54) is 0 Å². The molecular weight excluding hydrogens is 206 g/mol. The first-order valence-electron chi connectivity index (χ1n) is 5.87. The van der Waals surface area contributed by atoms with Crippen molar-refractivity contribution in [3.05, 3.63) is 0 Å². The lowest BCUT2D eigenvalue weighted by Gasteiger charge is -2.35. The minimum absolute atomic E-state index is 0.228. The zero-order valence-corrected chi connectivity index (χ0v) is 10.4. The first-order chi connectivity index (χ1) is 7.52. The molecular formula is C11H23N3O2. The molecule has 3 unspecified atom stereocenters. The van der Waals surface area contributed by atoms with Crippen molar-refractivity contribution >= 4 is 5.91 Å². The average Bonchev–Trinajstić information content (AvgIpc) is 2.16. The molecule has 3 atom stereocenters. The third kappa shape index (κ3) is 4.08. The topological polar surface area (TPSA) is 67.6 Å². The van der Waals surface area contributed by atoms with Crippen molar-refractivity contribution < 1.29 is 9.53 Å². The lowest BCUT2D eigenvalue weighted by Crippen LogP contribution is -2.48. The number of rotatable bonds is 5. The van der Waals surface area contributed by atoms with Crippen LogP contribution in [0.1, 0.15) is 20.3 Å². The molecule has 1 rings (SSSR count). The molecule has 16 heavy (non-hydrogen) atoms. The fourth-order valence-electron chi connectivity index (χ4n) is 2.21. The second kappa shape index (κ2) is 6.18. The number of nitrogens with zero attached hydrogens (tertiary/aromatic N) is 1. The van der Waals surface area contributed by atoms with Crippen LogP contribution in [0.25, 0.3) is 0 Å². The zero-order valence-electron chi connectivity index (χ0n) is 10.4. The van der Waals surface area contributed by atoms with Crippen molar-refractivity contribution in [1.29, 1.82) is 0 Å². The van der Waals surface area contributed by atoms with Gasteiger partial charge in [-0.2, -0.15) is 0 Å². The molecule has 0 radical (unpaired) electrons. The molecule has 0 bridgehead atoms. The van der Waals surface area contributed by atoms with Crippen LogP contribution in [0.2, 0.25) is 0 Å². The van der Waals surface area contributed by atoms with Gasteiger partial charge in [0.25, 0.3) is 0 Å². The van der Waals surface area contributed by atoms with Crippen LogP contribution in [0, 0.1) is 0 Å². The number of hydrogen-bond acceptors (Lipinski definition) is 4. The fourth-order valence-corrected chi connectivity index (χ4v) is 2.21. The van der Waals surface area contributed by atoms with Gasteiger partial charge in [-0.05, 0) is 27.3 Å². The van der Waals surface area contributed by atoms with Crippen LogP contribution >= 0.6 is 0 Å². The zero-order chi connectivity index (χ0) is 12.1. The van der Waals surface area contributed by atoms with Gasteiger partial charge in [0.2, 0.25) is 5.91 Å². The van der Waals surface area contributed by atoms with Gasteiger partial charge in [-0.1, -0.05) is 0 Å². The lowest BCUT2D eigenvalue weighted by atomic mass is 10.1. The summed E-state index contributed by atoms with van der Waals surface area (Å²) < 4.78 is 5.65. The quantitative estimate of drug-likeness (QED) is 0.670. The third-order valence-electron chi connectivity index (χ3n) is 2.92. The number of nitrogens with two attached hydrogens (primary N) is 1. The highest BCUT2D eigenvalue weighted by Gasteiger charge is 2.23. The fraction of sp³-hybridized carbons (Fsp3) is 0.909. The summed E-state index contributed by atoms with van der Waals surface area (Å²) in [6, 6.07) is -0.228. The molecule has 1 aliphatic rings. The molecule has 3 N–H and O–H groups in total. The van der Waals surface area contributed by atoms with Crippen LogP contribution in [-0.4, -0.2) is 55.7 Å². The lowest BCUT2D eigenvalue weighted by molar-refractivity contribution is -0.120. The molecule has 1 aliphatic heterocycles. The standard InChI is InChI=1S/C11H23N3O2/c1-8-6-14(7-9(2)16-8)5-4-10(13-3)11(12)15/h8-10,13H,4-7H2,1-3H3,(H2,12,15). The summed E-state index contributed by atoms with van der Waals surface area (Å²) in [4.78, 5) is 13.4. The summed E-state index contributed by atoms with van der Waals surface area (Å²) in [5, 5.41) is 2.93. The molecule has 0 aromatic carbocycles. The average molecular weight is 229 g/mol. The first kappa shape index (κ1) is 13.4. The predicted molar refractivity (Wildman–Crippen MR) is 63.1 cm³/mol. The molecule has 1 amide bonds. The Morgan fingerprint density at radius 3 is 2.50 bits per heavy atom. The van der Waals surface area contributed by atoms with E-state index >= 15 is 0 Å². The molecule has 0 spiro atoms. The van der Waals surface area contributed by atoms with E-state index in [-0.39, 0.29) is 24.2 Å². The van der Waals surface area contributed by atoms with Gasteiger partial charge in [-0.25, -0.2) is 0 Å². The van der Waals surface area contributed by atoms with Crippen molar-refractivity contribution in [2.24, 2.45) is 5.73 Å². The van der Waals surface area contributed by atoms with E-state index in [2.05, 4.69) is 24.1 Å². The number of amides is 1. The maximum absolute atomic E-state index is 11.0. The smallest absolute Gasteiger partial charge is 0.234 e. The van der Waals surface area contributed by atoms with Gasteiger partial charge in [-0.15, -0.1) is 0 Å². The Morgan fingerprint density at radius 2 is 2.06 bits per heavy atom. The minimum atomic E-state index is -0.281. The molecule has 5 nitrogen and oxygen atoms in total. The van der Waals surface area contributed by atoms with E-state index in [4.69, 9.17) is 10.5 Å². The Kier molecular flexibility index (Phi) is 5.18. The first-order valence-corrected chi connectivity index (χ1v) is 5.87. The molecule has 0 saturated carbocycles. The predicted octanol–water partition coefficient (Wildman–Crippen LogP) is -0.441. The van der Waals surface area contributed by atoms with Gasteiger partial charge in [0.05, 0.1) is 18.2 Å². The van der Waals surface area contributed by atoms with Crippen LogP contribution in [0.15, 0.2) is 0 Å². The van der Waals surface area contributed by atoms with Gasteiger partial charge in [0, 0.05) is 19.6 Å². The van der Waals surface area contributed by atoms with Crippen molar-refractivity contribution in [3.63, 3.8) is 0 Å². The summed E-state index contributed by atoms with van der Waals surface area (Å²) in [5.41, 5.74) is 5.27. The van der Waals surface area contributed by atoms with Gasteiger partial charge >= 0.3 is 0 Å². The monoisotopic (exact) mass is 229 g/mol. The third-order valence-corrected chi connectivity index (χ3v) is 2.92. The van der Waals surface area contributed by atoms with Crippen LogP contribution in [0.3, 0.4) is 0 Å². The Morgan fingerprint density at radius 1 is 1.50 bits per heavy atom. The highest BCUT2D eigenvalue weighted by Crippen LogP contribution is 2.11. The second-order valence-electron chi connectivity index (χ2n) is 4.55. The maximum Gasteiger partial charge on any atom is 0.234 e. The van der Waals surface area contributed by atoms with Crippen LogP contribution in [0.4, 0.5) is 0 Å². The van der Waals surface area contributed by atoms with E-state index in [9.17, 15) is 4.79 Å². The molecule has 0 aromatic rings. The van der Waals surface area contributed by atoms with Crippen molar-refractivity contribution in [3.8, 4) is 0 Å². The van der Waals surface area contributed by atoms with E-state index in [0.717, 1.165) is 26.1 Å². The maximum atomic E-state index is 11.0. The van der Waals surface area contributed by atoms with Gasteiger partial charge in [-0.3, -0.25) is 9.69 Å². The number of ether oxygens (including phenoxy) is 1. The SMILES string of the molecule is CNC(CCN1CC(C)OC(C)C1)C(N)=O. The number of hydrogen-bond donors (Lipinski definition) is 2. The molecule has 0 aromatic heterocycles. The Balaban J connectivity index is 2.33. The van der Waals surface area contributed by atoms with E-state index in [1.807, 2.05) is 0 Å². The number of likely N-dealkylation sites (N-methyl/N-ethyl adjacent to an activating group) is 1. The van der Waals surface area contributed by atoms with Gasteiger partial charge in [0.15, 0.2) is 0 Å². The summed E-state index contributed by atoms with van der Waals surface area (Å²) in [6.45, 7) is 6.89. The van der Waals surface area contributed by atoms with E-state index in [1.54, 1.807) is 7.05 Å². The van der Waals surface area contributed by atoms with Crippen LogP contribution in [0.5, 0.6) is 0 Å². The van der Waals surface area contributed by atoms with E-state index in [0.29, 0.717) is 0 Å². The van der Waals surface area contributed by atoms with Crippen LogP contribution < -0.4 is 11.1 Å². The van der Waals surface area contributed by atoms with Crippen molar-refractivity contribution in [1.82, 2.24) is 10.2 Å². The minimum Gasteiger partial charge on any atom is -0.373 e. The Labute approximate surface area is 97.3 Å². The molecule has 1 saturated heterocycles. The number of nitrogens with one attached hydrogen (secondary N) is 1. The number of primary amides is 1. The number of carbonyl (C=O) groups is 1. The Hall–Kier alpha value is -0.650. The number of carbonyl (C=O) groups excluding carboxylic acids is 1. The van der Waals surface area contributed by atoms with E-state index < -0.39 is 0 Å².